The van der Waals surface area contributed by atoms with Gasteiger partial charge in [-0.3, -0.25) is 0 Å². The van der Waals surface area contributed by atoms with E-state index in [2.05, 4.69) is 148 Å². The first-order valence-electron chi connectivity index (χ1n) is 19.2. The minimum Gasteiger partial charge on any atom is -0.457 e. The second-order valence-corrected chi connectivity index (χ2v) is 17.7. The molecular formula is C48H49NO. The quantitative estimate of drug-likeness (QED) is 0.191. The largest absolute Gasteiger partial charge is 0.457 e. The van der Waals surface area contributed by atoms with Gasteiger partial charge in [-0.2, -0.15) is 0 Å². The molecule has 5 aromatic carbocycles. The van der Waals surface area contributed by atoms with E-state index in [1.54, 1.807) is 0 Å². The average molecular weight is 656 g/mol. The van der Waals surface area contributed by atoms with E-state index >= 15 is 0 Å². The normalized spacial score (nSPS) is 27.6. The SMILES string of the molecule is CC1(C)CCC(C)(C)c2cc(N(c3ccc(-c4ccccc4)cc3)c3ccc4c(c3)Oc3ccccc3C43C4CC5CC(C4)CC3C5)ccc21. The molecule has 2 heteroatoms. The van der Waals surface area contributed by atoms with Gasteiger partial charge in [0.2, 0.25) is 0 Å². The van der Waals surface area contributed by atoms with Crippen molar-refractivity contribution >= 4 is 17.1 Å². The molecule has 11 rings (SSSR count). The summed E-state index contributed by atoms with van der Waals surface area (Å²) in [6.07, 6.45) is 9.33. The number of hydrogen-bond acceptors (Lipinski definition) is 2. The Kier molecular flexibility index (Phi) is 6.62. The van der Waals surface area contributed by atoms with Crippen LogP contribution in [0.25, 0.3) is 11.1 Å². The van der Waals surface area contributed by atoms with Crippen molar-refractivity contribution in [3.05, 3.63) is 138 Å². The molecular weight excluding hydrogens is 607 g/mol. The number of rotatable bonds is 4. The van der Waals surface area contributed by atoms with Crippen LogP contribution >= 0.6 is 0 Å². The fraction of sp³-hybridized carbons (Fsp3) is 0.375. The molecule has 0 unspecified atom stereocenters. The van der Waals surface area contributed by atoms with Gasteiger partial charge in [0.05, 0.1) is 0 Å². The lowest BCUT2D eigenvalue weighted by Crippen LogP contribution is -2.56. The average Bonchev–Trinajstić information content (AvgIpc) is 3.12. The molecule has 4 fully saturated rings. The highest BCUT2D eigenvalue weighted by Crippen LogP contribution is 2.69. The van der Waals surface area contributed by atoms with Crippen LogP contribution < -0.4 is 9.64 Å². The Morgan fingerprint density at radius 2 is 1.02 bits per heavy atom. The summed E-state index contributed by atoms with van der Waals surface area (Å²) in [5, 5.41) is 0. The first-order valence-corrected chi connectivity index (χ1v) is 19.2. The number of hydrogen-bond donors (Lipinski definition) is 0. The minimum absolute atomic E-state index is 0.0553. The molecule has 1 spiro atoms. The third kappa shape index (κ3) is 4.46. The van der Waals surface area contributed by atoms with Gasteiger partial charge in [-0.25, -0.2) is 0 Å². The number of fused-ring (bicyclic) bond motifs is 3. The van der Waals surface area contributed by atoms with Crippen LogP contribution in [0.3, 0.4) is 0 Å². The molecule has 2 nitrogen and oxygen atoms in total. The number of anilines is 3. The number of ether oxygens (including phenoxy) is 1. The van der Waals surface area contributed by atoms with E-state index in [9.17, 15) is 0 Å². The molecule has 1 heterocycles. The lowest BCUT2D eigenvalue weighted by Gasteiger charge is -2.63. The molecule has 0 amide bonds. The fourth-order valence-electron chi connectivity index (χ4n) is 11.6. The summed E-state index contributed by atoms with van der Waals surface area (Å²) in [7, 11) is 0. The summed E-state index contributed by atoms with van der Waals surface area (Å²) >= 11 is 0. The summed E-state index contributed by atoms with van der Waals surface area (Å²) in [6.45, 7) is 9.69. The zero-order valence-corrected chi connectivity index (χ0v) is 30.1. The molecule has 252 valence electrons. The Bertz CT molecular complexity index is 2080. The Morgan fingerprint density at radius 3 is 1.72 bits per heavy atom. The van der Waals surface area contributed by atoms with Crippen molar-refractivity contribution < 1.29 is 4.74 Å². The van der Waals surface area contributed by atoms with Gasteiger partial charge in [0.15, 0.2) is 0 Å². The van der Waals surface area contributed by atoms with Gasteiger partial charge >= 0.3 is 0 Å². The van der Waals surface area contributed by atoms with E-state index in [0.717, 1.165) is 34.7 Å². The zero-order valence-electron chi connectivity index (χ0n) is 30.1. The first kappa shape index (κ1) is 30.5. The second kappa shape index (κ2) is 10.8. The van der Waals surface area contributed by atoms with Crippen LogP contribution in [0.1, 0.15) is 94.9 Å². The number of benzene rings is 5. The van der Waals surface area contributed by atoms with Crippen LogP contribution in [-0.2, 0) is 16.2 Å². The van der Waals surface area contributed by atoms with Crippen LogP contribution in [0.5, 0.6) is 11.5 Å². The predicted octanol–water partition coefficient (Wildman–Crippen LogP) is 13.0. The lowest BCUT2D eigenvalue weighted by molar-refractivity contribution is -0.0452. The van der Waals surface area contributed by atoms with Gasteiger partial charge < -0.3 is 9.64 Å². The van der Waals surface area contributed by atoms with Crippen LogP contribution in [0, 0.1) is 23.7 Å². The maximum absolute atomic E-state index is 6.97. The summed E-state index contributed by atoms with van der Waals surface area (Å²) in [5.41, 5.74) is 12.2. The molecule has 0 saturated heterocycles. The molecule has 4 bridgehead atoms. The van der Waals surface area contributed by atoms with Crippen LogP contribution in [0.2, 0.25) is 0 Å². The molecule has 0 atom stereocenters. The lowest BCUT2D eigenvalue weighted by atomic mass is 9.42. The van der Waals surface area contributed by atoms with E-state index in [-0.39, 0.29) is 16.2 Å². The predicted molar refractivity (Wildman–Crippen MR) is 206 cm³/mol. The van der Waals surface area contributed by atoms with Crippen molar-refractivity contribution in [3.63, 3.8) is 0 Å². The van der Waals surface area contributed by atoms with Crippen molar-refractivity contribution in [1.29, 1.82) is 0 Å². The van der Waals surface area contributed by atoms with Crippen molar-refractivity contribution in [2.24, 2.45) is 23.7 Å². The van der Waals surface area contributed by atoms with Crippen LogP contribution in [0.15, 0.2) is 115 Å². The summed E-state index contributed by atoms with van der Waals surface area (Å²) in [6, 6.07) is 43.4. The molecule has 50 heavy (non-hydrogen) atoms. The minimum atomic E-state index is 0.0553. The molecule has 4 saturated carbocycles. The molecule has 5 aliphatic carbocycles. The van der Waals surface area contributed by atoms with Crippen LogP contribution in [0.4, 0.5) is 17.1 Å². The highest BCUT2D eigenvalue weighted by Gasteiger charge is 2.61. The molecule has 0 radical (unpaired) electrons. The molecule has 0 aromatic heterocycles. The van der Waals surface area contributed by atoms with Gasteiger partial charge in [0.25, 0.3) is 0 Å². The van der Waals surface area contributed by atoms with Gasteiger partial charge in [-0.05, 0) is 138 Å². The maximum atomic E-state index is 6.97. The van der Waals surface area contributed by atoms with Crippen molar-refractivity contribution in [3.8, 4) is 22.6 Å². The maximum Gasteiger partial charge on any atom is 0.133 e. The monoisotopic (exact) mass is 655 g/mol. The van der Waals surface area contributed by atoms with Crippen LogP contribution in [-0.4, -0.2) is 0 Å². The molecule has 5 aromatic rings. The smallest absolute Gasteiger partial charge is 0.133 e. The van der Waals surface area contributed by atoms with E-state index in [0.29, 0.717) is 11.8 Å². The molecule has 6 aliphatic rings. The number of para-hydroxylation sites is 1. The fourth-order valence-corrected chi connectivity index (χ4v) is 11.6. The summed E-state index contributed by atoms with van der Waals surface area (Å²) in [5.74, 6) is 5.34. The van der Waals surface area contributed by atoms with E-state index in [4.69, 9.17) is 4.74 Å². The molecule has 0 N–H and O–H groups in total. The highest BCUT2D eigenvalue weighted by atomic mass is 16.5. The Morgan fingerprint density at radius 1 is 0.480 bits per heavy atom. The highest BCUT2D eigenvalue weighted by molar-refractivity contribution is 5.81. The second-order valence-electron chi connectivity index (χ2n) is 17.7. The first-order chi connectivity index (χ1) is 24.2. The van der Waals surface area contributed by atoms with Gasteiger partial charge in [-0.15, -0.1) is 0 Å². The van der Waals surface area contributed by atoms with Gasteiger partial charge in [-0.1, -0.05) is 100 Å². The summed E-state index contributed by atoms with van der Waals surface area (Å²) < 4.78 is 6.97. The summed E-state index contributed by atoms with van der Waals surface area (Å²) in [4.78, 5) is 2.47. The Balaban J connectivity index is 1.14. The van der Waals surface area contributed by atoms with Crippen molar-refractivity contribution in [1.82, 2.24) is 0 Å². The van der Waals surface area contributed by atoms with E-state index in [1.165, 1.54) is 84.0 Å². The molecule has 1 aliphatic heterocycles. The topological polar surface area (TPSA) is 12.5 Å². The third-order valence-corrected chi connectivity index (χ3v) is 14.0. The van der Waals surface area contributed by atoms with E-state index in [1.807, 2.05) is 0 Å². The van der Waals surface area contributed by atoms with E-state index < -0.39 is 0 Å². The third-order valence-electron chi connectivity index (χ3n) is 14.0. The zero-order chi connectivity index (χ0) is 33.8. The Labute approximate surface area is 298 Å². The standard InChI is InChI=1S/C48H49NO/c1-46(2)22-23-47(3,4)43-29-38(18-20-40(43)46)49(37-16-14-34(15-17-37)33-10-6-5-7-11-33)39-19-21-42-45(30-39)50-44-13-9-8-12-41(44)48(42)35-25-31-24-32(27-35)28-36(48)26-31/h5-21,29-32,35-36H,22-28H2,1-4H3. The van der Waals surface area contributed by atoms with Gasteiger partial charge in [0.1, 0.15) is 11.5 Å². The number of nitrogens with zero attached hydrogens (tertiary/aromatic N) is 1. The van der Waals surface area contributed by atoms with Gasteiger partial charge in [0, 0.05) is 39.7 Å². The Hall–Kier alpha value is -4.30. The van der Waals surface area contributed by atoms with Crippen molar-refractivity contribution in [2.45, 2.75) is 88.9 Å². The van der Waals surface area contributed by atoms with Crippen molar-refractivity contribution in [2.75, 3.05) is 4.90 Å².